The lowest BCUT2D eigenvalue weighted by Crippen LogP contribution is -2.32. The number of ether oxygens (including phenoxy) is 2. The minimum atomic E-state index is -0.117. The molecule has 0 aliphatic rings. The summed E-state index contributed by atoms with van der Waals surface area (Å²) in [5.41, 5.74) is 3.65. The van der Waals surface area contributed by atoms with Crippen LogP contribution in [0.3, 0.4) is 0 Å². The van der Waals surface area contributed by atoms with Crippen LogP contribution in [0.5, 0.6) is 11.5 Å². The maximum absolute atomic E-state index is 13.2. The largest absolute Gasteiger partial charge is 0.497 e. The van der Waals surface area contributed by atoms with Crippen molar-refractivity contribution in [1.82, 2.24) is 30.1 Å². The Morgan fingerprint density at radius 2 is 1.65 bits per heavy atom. The molecule has 5 rings (SSSR count). The predicted molar refractivity (Wildman–Crippen MR) is 154 cm³/mol. The van der Waals surface area contributed by atoms with Gasteiger partial charge in [0, 0.05) is 36.1 Å². The van der Waals surface area contributed by atoms with E-state index in [-0.39, 0.29) is 11.6 Å². The number of benzene rings is 3. The molecule has 0 saturated heterocycles. The maximum atomic E-state index is 13.2. The van der Waals surface area contributed by atoms with Gasteiger partial charge in [-0.3, -0.25) is 9.69 Å². The second kappa shape index (κ2) is 12.6. The van der Waals surface area contributed by atoms with Gasteiger partial charge in [0.1, 0.15) is 11.5 Å². The number of pyridine rings is 1. The van der Waals surface area contributed by atoms with Gasteiger partial charge < -0.3 is 14.5 Å². The Morgan fingerprint density at radius 3 is 2.38 bits per heavy atom. The number of hydrogen-bond acceptors (Lipinski definition) is 7. The van der Waals surface area contributed by atoms with E-state index in [1.54, 1.807) is 14.2 Å². The number of fused-ring (bicyclic) bond motifs is 1. The van der Waals surface area contributed by atoms with E-state index in [4.69, 9.17) is 9.47 Å². The lowest BCUT2D eigenvalue weighted by atomic mass is 10.1. The molecule has 9 heteroatoms. The standard InChI is InChI=1S/C31H34N6O3/c1-4-29(30-33-34-35-37(30)17-16-22-8-6-5-7-9-22)36(20-23-10-12-26(39-2)13-11-23)21-25-18-24-19-27(40-3)14-15-28(24)32-31(25)38/h5-15,18-19,29H,4,16-17,20-21H2,1-3H3,(H,32,38). The zero-order chi connectivity index (χ0) is 27.9. The van der Waals surface area contributed by atoms with E-state index in [0.717, 1.165) is 46.6 Å². The Kier molecular flexibility index (Phi) is 8.51. The van der Waals surface area contributed by atoms with E-state index >= 15 is 0 Å². The van der Waals surface area contributed by atoms with E-state index in [0.29, 0.717) is 25.2 Å². The first-order valence-electron chi connectivity index (χ1n) is 13.4. The molecule has 2 heterocycles. The van der Waals surface area contributed by atoms with Crippen molar-refractivity contribution in [3.05, 3.63) is 112 Å². The molecule has 0 radical (unpaired) electrons. The quantitative estimate of drug-likeness (QED) is 0.241. The molecule has 0 aliphatic carbocycles. The fourth-order valence-corrected chi connectivity index (χ4v) is 5.03. The Morgan fingerprint density at radius 1 is 0.900 bits per heavy atom. The van der Waals surface area contributed by atoms with Gasteiger partial charge in [-0.25, -0.2) is 4.68 Å². The van der Waals surface area contributed by atoms with Gasteiger partial charge in [-0.15, -0.1) is 5.10 Å². The maximum Gasteiger partial charge on any atom is 0.252 e. The number of rotatable bonds is 12. The molecule has 206 valence electrons. The molecule has 3 aromatic carbocycles. The average Bonchev–Trinajstić information content (AvgIpc) is 3.45. The number of aromatic amines is 1. The number of aromatic nitrogens is 5. The third-order valence-electron chi connectivity index (χ3n) is 7.19. The lowest BCUT2D eigenvalue weighted by Gasteiger charge is -2.30. The molecule has 9 nitrogen and oxygen atoms in total. The van der Waals surface area contributed by atoms with Crippen molar-refractivity contribution in [2.75, 3.05) is 14.2 Å². The molecule has 40 heavy (non-hydrogen) atoms. The van der Waals surface area contributed by atoms with E-state index in [2.05, 4.69) is 44.5 Å². The van der Waals surface area contributed by atoms with Crippen LogP contribution in [-0.2, 0) is 26.1 Å². The molecule has 0 fully saturated rings. The number of H-pyrrole nitrogens is 1. The average molecular weight is 539 g/mol. The van der Waals surface area contributed by atoms with Crippen LogP contribution in [0.15, 0.2) is 83.7 Å². The molecule has 0 saturated carbocycles. The van der Waals surface area contributed by atoms with Gasteiger partial charge >= 0.3 is 0 Å². The summed E-state index contributed by atoms with van der Waals surface area (Å²) in [5, 5.41) is 13.7. The predicted octanol–water partition coefficient (Wildman–Crippen LogP) is 4.93. The SMILES string of the molecule is CCC(c1nnnn1CCc1ccccc1)N(Cc1ccc(OC)cc1)Cc1cc2cc(OC)ccc2[nH]c1=O. The summed E-state index contributed by atoms with van der Waals surface area (Å²) in [5.74, 6) is 2.32. The second-order valence-corrected chi connectivity index (χ2v) is 9.75. The molecule has 0 spiro atoms. The zero-order valence-electron chi connectivity index (χ0n) is 23.1. The van der Waals surface area contributed by atoms with E-state index < -0.39 is 0 Å². The molecular formula is C31H34N6O3. The summed E-state index contributed by atoms with van der Waals surface area (Å²) in [4.78, 5) is 18.5. The summed E-state index contributed by atoms with van der Waals surface area (Å²) in [6.45, 7) is 3.80. The van der Waals surface area contributed by atoms with Gasteiger partial charge in [0.25, 0.3) is 5.56 Å². The van der Waals surface area contributed by atoms with Crippen LogP contribution in [0.1, 0.15) is 41.9 Å². The monoisotopic (exact) mass is 538 g/mol. The van der Waals surface area contributed by atoms with Crippen molar-refractivity contribution < 1.29 is 9.47 Å². The van der Waals surface area contributed by atoms with E-state index in [9.17, 15) is 4.79 Å². The van der Waals surface area contributed by atoms with Gasteiger partial charge in [-0.05, 0) is 70.8 Å². The summed E-state index contributed by atoms with van der Waals surface area (Å²) < 4.78 is 12.6. The topological polar surface area (TPSA) is 98.2 Å². The molecule has 0 bridgehead atoms. The van der Waals surface area contributed by atoms with Crippen molar-refractivity contribution in [3.63, 3.8) is 0 Å². The molecule has 0 amide bonds. The Labute approximate surface area is 233 Å². The van der Waals surface area contributed by atoms with E-state index in [1.165, 1.54) is 5.56 Å². The second-order valence-electron chi connectivity index (χ2n) is 9.75. The van der Waals surface area contributed by atoms with Gasteiger partial charge in [-0.2, -0.15) is 0 Å². The van der Waals surface area contributed by atoms with Crippen molar-refractivity contribution >= 4 is 10.9 Å². The van der Waals surface area contributed by atoms with Crippen LogP contribution in [0.25, 0.3) is 10.9 Å². The first-order chi connectivity index (χ1) is 19.6. The van der Waals surface area contributed by atoms with Gasteiger partial charge in [0.2, 0.25) is 0 Å². The Balaban J connectivity index is 1.48. The third-order valence-corrected chi connectivity index (χ3v) is 7.19. The van der Waals surface area contributed by atoms with Crippen LogP contribution in [0.2, 0.25) is 0 Å². The highest BCUT2D eigenvalue weighted by molar-refractivity contribution is 5.80. The molecular weight excluding hydrogens is 504 g/mol. The first kappa shape index (κ1) is 27.1. The summed E-state index contributed by atoms with van der Waals surface area (Å²) in [7, 11) is 3.29. The Bertz CT molecular complexity index is 1600. The van der Waals surface area contributed by atoms with Gasteiger partial charge in [0.15, 0.2) is 5.82 Å². The van der Waals surface area contributed by atoms with Crippen LogP contribution in [0.4, 0.5) is 0 Å². The van der Waals surface area contributed by atoms with E-state index in [1.807, 2.05) is 71.4 Å². The minimum Gasteiger partial charge on any atom is -0.497 e. The van der Waals surface area contributed by atoms with Crippen LogP contribution < -0.4 is 15.0 Å². The minimum absolute atomic E-state index is 0.115. The molecule has 0 aliphatic heterocycles. The lowest BCUT2D eigenvalue weighted by molar-refractivity contribution is 0.160. The van der Waals surface area contributed by atoms with Gasteiger partial charge in [-0.1, -0.05) is 49.4 Å². The first-order valence-corrected chi connectivity index (χ1v) is 13.4. The summed E-state index contributed by atoms with van der Waals surface area (Å²) in [6, 6.07) is 25.8. The van der Waals surface area contributed by atoms with Crippen molar-refractivity contribution in [1.29, 1.82) is 0 Å². The summed E-state index contributed by atoms with van der Waals surface area (Å²) in [6.07, 6.45) is 1.58. The van der Waals surface area contributed by atoms with Gasteiger partial charge in [0.05, 0.1) is 20.3 Å². The highest BCUT2D eigenvalue weighted by atomic mass is 16.5. The fraction of sp³-hybridized carbons (Fsp3) is 0.290. The third kappa shape index (κ3) is 6.21. The van der Waals surface area contributed by atoms with Crippen molar-refractivity contribution in [2.24, 2.45) is 0 Å². The van der Waals surface area contributed by atoms with Crippen molar-refractivity contribution in [3.8, 4) is 11.5 Å². The van der Waals surface area contributed by atoms with Crippen molar-refractivity contribution in [2.45, 2.75) is 45.4 Å². The zero-order valence-corrected chi connectivity index (χ0v) is 23.1. The van der Waals surface area contributed by atoms with Crippen LogP contribution in [-0.4, -0.2) is 44.3 Å². The number of nitrogens with zero attached hydrogens (tertiary/aromatic N) is 5. The summed E-state index contributed by atoms with van der Waals surface area (Å²) >= 11 is 0. The number of hydrogen-bond donors (Lipinski definition) is 1. The molecule has 2 aromatic heterocycles. The molecule has 1 unspecified atom stereocenters. The Hall–Kier alpha value is -4.50. The molecule has 5 aromatic rings. The highest BCUT2D eigenvalue weighted by Crippen LogP contribution is 2.28. The smallest absolute Gasteiger partial charge is 0.252 e. The molecule has 1 N–H and O–H groups in total. The molecule has 1 atom stereocenters. The fourth-order valence-electron chi connectivity index (χ4n) is 5.03. The number of tetrazole rings is 1. The van der Waals surface area contributed by atoms with Crippen LogP contribution in [0, 0.1) is 0 Å². The number of methoxy groups -OCH3 is 2. The normalized spacial score (nSPS) is 12.1. The van der Waals surface area contributed by atoms with Crippen LogP contribution >= 0.6 is 0 Å². The highest BCUT2D eigenvalue weighted by Gasteiger charge is 2.26. The number of nitrogens with one attached hydrogen (secondary N) is 1. The number of aryl methyl sites for hydroxylation is 2.